The Morgan fingerprint density at radius 2 is 2.53 bits per heavy atom. The summed E-state index contributed by atoms with van der Waals surface area (Å²) in [5, 5.41) is 17.1. The van der Waals surface area contributed by atoms with Crippen molar-refractivity contribution in [2.45, 2.75) is 38.0 Å². The van der Waals surface area contributed by atoms with E-state index < -0.39 is 6.10 Å². The number of rotatable bonds is 6. The predicted octanol–water partition coefficient (Wildman–Crippen LogP) is 0.403. The van der Waals surface area contributed by atoms with Gasteiger partial charge in [0.25, 0.3) is 0 Å². The molecule has 0 aromatic carbocycles. The number of nitrogens with one attached hydrogen (secondary N) is 1. The fourth-order valence-electron chi connectivity index (χ4n) is 2.17. The van der Waals surface area contributed by atoms with Crippen LogP contribution in [0.5, 0.6) is 0 Å². The molecular formula is C12H21N3O2. The molecule has 0 bridgehead atoms. The predicted molar refractivity (Wildman–Crippen MR) is 64.7 cm³/mol. The van der Waals surface area contributed by atoms with Crippen LogP contribution in [0.15, 0.2) is 18.5 Å². The van der Waals surface area contributed by atoms with Crippen molar-refractivity contribution in [1.29, 1.82) is 0 Å². The van der Waals surface area contributed by atoms with Crippen LogP contribution in [-0.4, -0.2) is 46.3 Å². The zero-order chi connectivity index (χ0) is 12.1. The van der Waals surface area contributed by atoms with Crippen LogP contribution in [0.3, 0.4) is 0 Å². The molecule has 0 saturated carbocycles. The molecule has 2 N–H and O–H groups in total. The zero-order valence-electron chi connectivity index (χ0n) is 10.3. The molecule has 2 unspecified atom stereocenters. The summed E-state index contributed by atoms with van der Waals surface area (Å²) in [4.78, 5) is 0. The summed E-state index contributed by atoms with van der Waals surface area (Å²) < 4.78 is 7.40. The number of ether oxygens (including phenoxy) is 1. The van der Waals surface area contributed by atoms with Crippen LogP contribution in [0.25, 0.3) is 0 Å². The second-order valence-corrected chi connectivity index (χ2v) is 4.91. The Bertz CT molecular complexity index is 321. The van der Waals surface area contributed by atoms with E-state index in [1.54, 1.807) is 10.9 Å². The van der Waals surface area contributed by atoms with E-state index in [2.05, 4.69) is 17.3 Å². The smallest absolute Gasteiger partial charge is 0.0860 e. The van der Waals surface area contributed by atoms with Crippen LogP contribution in [0.4, 0.5) is 0 Å². The normalized spacial score (nSPS) is 26.2. The van der Waals surface area contributed by atoms with Gasteiger partial charge in [-0.05, 0) is 25.8 Å². The van der Waals surface area contributed by atoms with Crippen molar-refractivity contribution in [2.75, 3.05) is 19.7 Å². The number of hydrogen-bond acceptors (Lipinski definition) is 4. The summed E-state index contributed by atoms with van der Waals surface area (Å²) in [6.07, 6.45) is 5.38. The van der Waals surface area contributed by atoms with Crippen LogP contribution in [0.1, 0.15) is 19.8 Å². The van der Waals surface area contributed by atoms with Gasteiger partial charge in [-0.25, -0.2) is 0 Å². The molecule has 0 radical (unpaired) electrons. The molecule has 1 aromatic heterocycles. The lowest BCUT2D eigenvalue weighted by Gasteiger charge is -2.24. The first kappa shape index (κ1) is 12.5. The standard InChI is InChI=1S/C12H21N3O2/c1-12(4-2-7-17-12)10-13-8-11(16)9-15-6-3-5-14-15/h3,5-6,11,13,16H,2,4,7-10H2,1H3. The molecule has 1 aliphatic rings. The van der Waals surface area contributed by atoms with Gasteiger partial charge >= 0.3 is 0 Å². The van der Waals surface area contributed by atoms with Gasteiger partial charge in [-0.2, -0.15) is 5.10 Å². The number of aromatic nitrogens is 2. The Morgan fingerprint density at radius 1 is 1.65 bits per heavy atom. The Morgan fingerprint density at radius 3 is 3.18 bits per heavy atom. The topological polar surface area (TPSA) is 59.3 Å². The second kappa shape index (κ2) is 5.62. The molecule has 1 saturated heterocycles. The van der Waals surface area contributed by atoms with Gasteiger partial charge < -0.3 is 15.2 Å². The first-order valence-electron chi connectivity index (χ1n) is 6.18. The van der Waals surface area contributed by atoms with E-state index in [0.717, 1.165) is 26.0 Å². The van der Waals surface area contributed by atoms with Gasteiger partial charge in [0.1, 0.15) is 0 Å². The summed E-state index contributed by atoms with van der Waals surface area (Å²) in [5.41, 5.74) is -0.0502. The molecule has 5 heteroatoms. The van der Waals surface area contributed by atoms with Crippen molar-refractivity contribution < 1.29 is 9.84 Å². The van der Waals surface area contributed by atoms with Crippen LogP contribution in [0.2, 0.25) is 0 Å². The Hall–Kier alpha value is -0.910. The van der Waals surface area contributed by atoms with Gasteiger partial charge in [0, 0.05) is 32.1 Å². The van der Waals surface area contributed by atoms with Gasteiger partial charge in [-0.3, -0.25) is 4.68 Å². The molecule has 96 valence electrons. The maximum absolute atomic E-state index is 9.81. The summed E-state index contributed by atoms with van der Waals surface area (Å²) in [6, 6.07) is 1.85. The molecule has 0 amide bonds. The van der Waals surface area contributed by atoms with Gasteiger partial charge in [-0.15, -0.1) is 0 Å². The number of aliphatic hydroxyl groups is 1. The summed E-state index contributed by atoms with van der Waals surface area (Å²) >= 11 is 0. The van der Waals surface area contributed by atoms with E-state index >= 15 is 0 Å². The fraction of sp³-hybridized carbons (Fsp3) is 0.750. The lowest BCUT2D eigenvalue weighted by atomic mass is 10.0. The average molecular weight is 239 g/mol. The highest BCUT2D eigenvalue weighted by atomic mass is 16.5. The molecule has 2 atom stereocenters. The van der Waals surface area contributed by atoms with Crippen molar-refractivity contribution in [3.05, 3.63) is 18.5 Å². The zero-order valence-corrected chi connectivity index (χ0v) is 10.3. The highest BCUT2D eigenvalue weighted by Gasteiger charge is 2.29. The van der Waals surface area contributed by atoms with Crippen molar-refractivity contribution >= 4 is 0 Å². The van der Waals surface area contributed by atoms with Gasteiger partial charge in [0.05, 0.1) is 18.2 Å². The van der Waals surface area contributed by atoms with Crippen LogP contribution in [-0.2, 0) is 11.3 Å². The third-order valence-corrected chi connectivity index (χ3v) is 3.14. The lowest BCUT2D eigenvalue weighted by molar-refractivity contribution is 0.0180. The third kappa shape index (κ3) is 3.80. The first-order valence-corrected chi connectivity index (χ1v) is 6.18. The van der Waals surface area contributed by atoms with E-state index in [0.29, 0.717) is 13.1 Å². The molecule has 1 aliphatic heterocycles. The molecule has 5 nitrogen and oxygen atoms in total. The minimum absolute atomic E-state index is 0.0502. The number of aliphatic hydroxyl groups excluding tert-OH is 1. The van der Waals surface area contributed by atoms with E-state index in [4.69, 9.17) is 4.74 Å². The van der Waals surface area contributed by atoms with Gasteiger partial charge in [-0.1, -0.05) is 0 Å². The van der Waals surface area contributed by atoms with Crippen LogP contribution < -0.4 is 5.32 Å². The molecule has 1 aromatic rings. The maximum atomic E-state index is 9.81. The summed E-state index contributed by atoms with van der Waals surface area (Å²) in [6.45, 7) is 4.86. The number of nitrogens with zero attached hydrogens (tertiary/aromatic N) is 2. The molecule has 1 fully saturated rings. The molecule has 2 rings (SSSR count). The van der Waals surface area contributed by atoms with Gasteiger partial charge in [0.2, 0.25) is 0 Å². The number of hydrogen-bond donors (Lipinski definition) is 2. The molecule has 2 heterocycles. The summed E-state index contributed by atoms with van der Waals surface area (Å²) in [5.74, 6) is 0. The van der Waals surface area contributed by atoms with Crippen molar-refractivity contribution in [1.82, 2.24) is 15.1 Å². The minimum atomic E-state index is -0.417. The minimum Gasteiger partial charge on any atom is -0.390 e. The van der Waals surface area contributed by atoms with E-state index in [-0.39, 0.29) is 5.60 Å². The van der Waals surface area contributed by atoms with Gasteiger partial charge in [0.15, 0.2) is 0 Å². The Balaban J connectivity index is 1.64. The van der Waals surface area contributed by atoms with E-state index in [1.165, 1.54) is 0 Å². The first-order chi connectivity index (χ1) is 8.18. The Kier molecular flexibility index (Phi) is 4.15. The maximum Gasteiger partial charge on any atom is 0.0860 e. The third-order valence-electron chi connectivity index (χ3n) is 3.14. The second-order valence-electron chi connectivity index (χ2n) is 4.91. The summed E-state index contributed by atoms with van der Waals surface area (Å²) in [7, 11) is 0. The molecule has 0 spiro atoms. The highest BCUT2D eigenvalue weighted by Crippen LogP contribution is 2.23. The molecular weight excluding hydrogens is 218 g/mol. The monoisotopic (exact) mass is 239 g/mol. The van der Waals surface area contributed by atoms with Crippen molar-refractivity contribution in [3.63, 3.8) is 0 Å². The lowest BCUT2D eigenvalue weighted by Crippen LogP contribution is -2.41. The average Bonchev–Trinajstić information content (AvgIpc) is 2.90. The molecule has 0 aliphatic carbocycles. The van der Waals surface area contributed by atoms with Crippen molar-refractivity contribution in [3.8, 4) is 0 Å². The van der Waals surface area contributed by atoms with E-state index in [9.17, 15) is 5.11 Å². The highest BCUT2D eigenvalue weighted by molar-refractivity contribution is 4.83. The quantitative estimate of drug-likeness (QED) is 0.754. The van der Waals surface area contributed by atoms with Crippen molar-refractivity contribution in [2.24, 2.45) is 0 Å². The largest absolute Gasteiger partial charge is 0.390 e. The SMILES string of the molecule is CC1(CNCC(O)Cn2cccn2)CCCO1. The van der Waals surface area contributed by atoms with Crippen LogP contribution >= 0.6 is 0 Å². The van der Waals surface area contributed by atoms with Crippen LogP contribution in [0, 0.1) is 0 Å². The Labute approximate surface area is 102 Å². The van der Waals surface area contributed by atoms with E-state index in [1.807, 2.05) is 12.3 Å². The molecule has 17 heavy (non-hydrogen) atoms. The fourth-order valence-corrected chi connectivity index (χ4v) is 2.17.